The van der Waals surface area contributed by atoms with Crippen LogP contribution < -0.4 is 5.32 Å². The molecule has 0 spiro atoms. The number of hydrogen-bond donors (Lipinski definition) is 1. The van der Waals surface area contributed by atoms with Gasteiger partial charge in [0.1, 0.15) is 0 Å². The number of halogens is 1. The Labute approximate surface area is 111 Å². The molecule has 1 aromatic rings. The number of allylic oxidation sites excluding steroid dienone is 1. The number of benzene rings is 1. The molecular formula is C14H18BrNO. The van der Waals surface area contributed by atoms with Crippen LogP contribution in [-0.4, -0.2) is 18.3 Å². The highest BCUT2D eigenvalue weighted by Gasteiger charge is 1.98. The van der Waals surface area contributed by atoms with Crippen molar-refractivity contribution >= 4 is 27.9 Å². The smallest absolute Gasteiger partial charge is 0.219 e. The third kappa shape index (κ3) is 5.68. The van der Waals surface area contributed by atoms with Crippen LogP contribution in [0.15, 0.2) is 30.3 Å². The normalized spacial score (nSPS) is 10.7. The maximum absolute atomic E-state index is 11.0. The molecule has 0 fully saturated rings. The van der Waals surface area contributed by atoms with Crippen molar-refractivity contribution < 1.29 is 4.79 Å². The largest absolute Gasteiger partial charge is 0.359 e. The first-order valence-corrected chi connectivity index (χ1v) is 6.90. The van der Waals surface area contributed by atoms with E-state index in [1.807, 2.05) is 0 Å². The Morgan fingerprint density at radius 1 is 1.35 bits per heavy atom. The summed E-state index contributed by atoms with van der Waals surface area (Å²) in [6.07, 6.45) is 6.61. The molecule has 0 saturated heterocycles. The van der Waals surface area contributed by atoms with Crippen molar-refractivity contribution in [2.24, 2.45) is 0 Å². The van der Waals surface area contributed by atoms with Gasteiger partial charge in [0.05, 0.1) is 0 Å². The van der Waals surface area contributed by atoms with Gasteiger partial charge in [0.15, 0.2) is 0 Å². The number of alkyl halides is 1. The molecule has 92 valence electrons. The van der Waals surface area contributed by atoms with Crippen LogP contribution in [0.5, 0.6) is 0 Å². The van der Waals surface area contributed by atoms with Gasteiger partial charge < -0.3 is 5.32 Å². The molecule has 0 saturated carbocycles. The number of nitrogens with one attached hydrogen (secondary N) is 1. The van der Waals surface area contributed by atoms with Crippen molar-refractivity contribution in [3.05, 3.63) is 41.5 Å². The molecule has 1 rings (SSSR count). The van der Waals surface area contributed by atoms with Crippen molar-refractivity contribution in [3.8, 4) is 0 Å². The molecule has 1 N–H and O–H groups in total. The lowest BCUT2D eigenvalue weighted by Crippen LogP contribution is -2.17. The number of carbonyl (C=O) groups is 1. The summed E-state index contributed by atoms with van der Waals surface area (Å²) in [5.41, 5.74) is 2.49. The second kappa shape index (κ2) is 8.07. The van der Waals surface area contributed by atoms with Gasteiger partial charge in [0.25, 0.3) is 0 Å². The molecule has 0 unspecified atom stereocenters. The van der Waals surface area contributed by atoms with Gasteiger partial charge in [-0.1, -0.05) is 52.3 Å². The molecule has 1 amide bonds. The number of rotatable bonds is 6. The first-order valence-electron chi connectivity index (χ1n) is 5.78. The van der Waals surface area contributed by atoms with Gasteiger partial charge in [-0.3, -0.25) is 4.79 Å². The highest BCUT2D eigenvalue weighted by molar-refractivity contribution is 9.09. The number of aryl methyl sites for hydroxylation is 1. The van der Waals surface area contributed by atoms with Gasteiger partial charge in [-0.15, -0.1) is 0 Å². The molecule has 0 aliphatic carbocycles. The van der Waals surface area contributed by atoms with Gasteiger partial charge in [-0.05, 0) is 24.0 Å². The highest BCUT2D eigenvalue weighted by Crippen LogP contribution is 2.09. The van der Waals surface area contributed by atoms with Gasteiger partial charge in [0.2, 0.25) is 5.91 Å². The molecule has 3 heteroatoms. The van der Waals surface area contributed by atoms with Crippen LogP contribution >= 0.6 is 15.9 Å². The fraction of sp³-hybridized carbons (Fsp3) is 0.357. The average molecular weight is 296 g/mol. The Bertz CT molecular complexity index is 370. The van der Waals surface area contributed by atoms with Crippen LogP contribution in [0.1, 0.15) is 24.0 Å². The Kier molecular flexibility index (Phi) is 6.63. The van der Waals surface area contributed by atoms with E-state index in [2.05, 4.69) is 57.7 Å². The molecule has 0 aliphatic rings. The van der Waals surface area contributed by atoms with Crippen LogP contribution in [0.2, 0.25) is 0 Å². The zero-order chi connectivity index (χ0) is 12.5. The molecule has 0 atom stereocenters. The topological polar surface area (TPSA) is 29.1 Å². The van der Waals surface area contributed by atoms with Crippen LogP contribution in [0.4, 0.5) is 0 Å². The minimum atomic E-state index is 0.113. The predicted octanol–water partition coefficient (Wildman–Crippen LogP) is 3.16. The first kappa shape index (κ1) is 14.0. The lowest BCUT2D eigenvalue weighted by Gasteiger charge is -2.02. The van der Waals surface area contributed by atoms with Crippen LogP contribution in [-0.2, 0) is 11.2 Å². The zero-order valence-corrected chi connectivity index (χ0v) is 11.7. The van der Waals surface area contributed by atoms with E-state index < -0.39 is 0 Å². The van der Waals surface area contributed by atoms with Crippen molar-refractivity contribution in [1.82, 2.24) is 5.32 Å². The van der Waals surface area contributed by atoms with Gasteiger partial charge >= 0.3 is 0 Å². The van der Waals surface area contributed by atoms with Crippen molar-refractivity contribution in [2.75, 3.05) is 12.4 Å². The Morgan fingerprint density at radius 3 is 2.65 bits per heavy atom. The minimum absolute atomic E-state index is 0.113. The van der Waals surface area contributed by atoms with Gasteiger partial charge in [-0.25, -0.2) is 0 Å². The fourth-order valence-electron chi connectivity index (χ4n) is 1.55. The Morgan fingerprint density at radius 2 is 2.06 bits per heavy atom. The van der Waals surface area contributed by atoms with Crippen LogP contribution in [0.3, 0.4) is 0 Å². The van der Waals surface area contributed by atoms with E-state index in [0.29, 0.717) is 6.42 Å². The Balaban J connectivity index is 2.40. The van der Waals surface area contributed by atoms with E-state index in [1.165, 1.54) is 11.1 Å². The molecule has 0 radical (unpaired) electrons. The number of amides is 1. The van der Waals surface area contributed by atoms with Crippen molar-refractivity contribution in [2.45, 2.75) is 19.3 Å². The van der Waals surface area contributed by atoms with E-state index in [4.69, 9.17) is 0 Å². The number of hydrogen-bond acceptors (Lipinski definition) is 1. The van der Waals surface area contributed by atoms with E-state index in [1.54, 1.807) is 7.05 Å². The first-order chi connectivity index (χ1) is 8.26. The third-order valence-corrected chi connectivity index (χ3v) is 2.90. The quantitative estimate of drug-likeness (QED) is 0.803. The third-order valence-electron chi connectivity index (χ3n) is 2.53. The minimum Gasteiger partial charge on any atom is -0.359 e. The standard InChI is InChI=1S/C14H18BrNO/c1-16-14(17)6-2-4-12-7-9-13(10-8-12)5-3-11-15/h3,5,7-10H,2,4,6,11H2,1H3,(H,16,17). The molecule has 1 aromatic carbocycles. The maximum atomic E-state index is 11.0. The maximum Gasteiger partial charge on any atom is 0.219 e. The number of carbonyl (C=O) groups excluding carboxylic acids is 1. The lowest BCUT2D eigenvalue weighted by molar-refractivity contribution is -0.120. The summed E-state index contributed by atoms with van der Waals surface area (Å²) < 4.78 is 0. The summed E-state index contributed by atoms with van der Waals surface area (Å²) in [4.78, 5) is 11.0. The molecular weight excluding hydrogens is 278 g/mol. The summed E-state index contributed by atoms with van der Waals surface area (Å²) in [7, 11) is 1.67. The van der Waals surface area contributed by atoms with Gasteiger partial charge in [-0.2, -0.15) is 0 Å². The summed E-state index contributed by atoms with van der Waals surface area (Å²) in [5.74, 6) is 0.113. The second-order valence-corrected chi connectivity index (χ2v) is 4.47. The van der Waals surface area contributed by atoms with Crippen molar-refractivity contribution in [1.29, 1.82) is 0 Å². The summed E-state index contributed by atoms with van der Waals surface area (Å²) >= 11 is 3.35. The van der Waals surface area contributed by atoms with E-state index in [0.717, 1.165) is 18.2 Å². The second-order valence-electron chi connectivity index (χ2n) is 3.82. The monoisotopic (exact) mass is 295 g/mol. The van der Waals surface area contributed by atoms with Crippen molar-refractivity contribution in [3.63, 3.8) is 0 Å². The molecule has 0 heterocycles. The average Bonchev–Trinajstić information content (AvgIpc) is 2.37. The molecule has 0 aliphatic heterocycles. The van der Waals surface area contributed by atoms with Gasteiger partial charge in [0, 0.05) is 18.8 Å². The summed E-state index contributed by atoms with van der Waals surface area (Å²) in [6, 6.07) is 8.46. The molecule has 0 aromatic heterocycles. The molecule has 0 bridgehead atoms. The van der Waals surface area contributed by atoms with E-state index in [-0.39, 0.29) is 5.91 Å². The molecule has 17 heavy (non-hydrogen) atoms. The Hall–Kier alpha value is -1.09. The zero-order valence-electron chi connectivity index (χ0n) is 10.1. The highest BCUT2D eigenvalue weighted by atomic mass is 79.9. The van der Waals surface area contributed by atoms with E-state index in [9.17, 15) is 4.79 Å². The van der Waals surface area contributed by atoms with Crippen LogP contribution in [0, 0.1) is 0 Å². The summed E-state index contributed by atoms with van der Waals surface area (Å²) in [6.45, 7) is 0. The summed E-state index contributed by atoms with van der Waals surface area (Å²) in [5, 5.41) is 3.51. The molecule has 2 nitrogen and oxygen atoms in total. The SMILES string of the molecule is CNC(=O)CCCc1ccc(C=CCBr)cc1. The lowest BCUT2D eigenvalue weighted by atomic mass is 10.1. The predicted molar refractivity (Wildman–Crippen MR) is 76.3 cm³/mol. The van der Waals surface area contributed by atoms with E-state index >= 15 is 0 Å². The fourth-order valence-corrected chi connectivity index (χ4v) is 1.74. The van der Waals surface area contributed by atoms with Crippen LogP contribution in [0.25, 0.3) is 6.08 Å².